The molecule has 158 valence electrons. The molecule has 0 unspecified atom stereocenters. The summed E-state index contributed by atoms with van der Waals surface area (Å²) in [5, 5.41) is 1.12. The summed E-state index contributed by atoms with van der Waals surface area (Å²) in [4.78, 5) is 18.6. The van der Waals surface area contributed by atoms with Crippen molar-refractivity contribution in [3.05, 3.63) is 65.9 Å². The van der Waals surface area contributed by atoms with Gasteiger partial charge in [-0.25, -0.2) is 8.42 Å². The Morgan fingerprint density at radius 1 is 1.03 bits per heavy atom. The number of aromatic amines is 1. The summed E-state index contributed by atoms with van der Waals surface area (Å²) in [6.07, 6.45) is 3.92. The summed E-state index contributed by atoms with van der Waals surface area (Å²) in [7, 11) is -3.53. The Morgan fingerprint density at radius 2 is 1.73 bits per heavy atom. The number of nitrogens with zero attached hydrogens (tertiary/aromatic N) is 2. The summed E-state index contributed by atoms with van der Waals surface area (Å²) in [5.74, 6) is -0.0585. The Morgan fingerprint density at radius 3 is 2.37 bits per heavy atom. The minimum Gasteiger partial charge on any atom is -0.361 e. The number of nitrogens with one attached hydrogen (secondary N) is 1. The van der Waals surface area contributed by atoms with E-state index in [-0.39, 0.29) is 16.8 Å². The molecule has 1 heterocycles. The number of hydrogen-bond acceptors (Lipinski definition) is 3. The number of aromatic nitrogens is 1. The molecule has 0 saturated heterocycles. The number of amides is 1. The molecular weight excluding hydrogens is 398 g/mol. The van der Waals surface area contributed by atoms with Gasteiger partial charge in [-0.3, -0.25) is 4.79 Å². The molecule has 1 saturated carbocycles. The lowest BCUT2D eigenvalue weighted by Gasteiger charge is -2.23. The topological polar surface area (TPSA) is 73.5 Å². The van der Waals surface area contributed by atoms with Crippen LogP contribution in [0, 0.1) is 0 Å². The van der Waals surface area contributed by atoms with Gasteiger partial charge in [0.2, 0.25) is 10.0 Å². The van der Waals surface area contributed by atoms with Gasteiger partial charge in [-0.2, -0.15) is 4.31 Å². The molecule has 1 aliphatic carbocycles. The van der Waals surface area contributed by atoms with Crippen molar-refractivity contribution in [2.75, 3.05) is 13.1 Å². The summed E-state index contributed by atoms with van der Waals surface area (Å²) in [6, 6.07) is 14.7. The first-order chi connectivity index (χ1) is 14.5. The highest BCUT2D eigenvalue weighted by Crippen LogP contribution is 2.31. The van der Waals surface area contributed by atoms with E-state index in [0.717, 1.165) is 29.3 Å². The van der Waals surface area contributed by atoms with Gasteiger partial charge >= 0.3 is 0 Å². The zero-order valence-electron chi connectivity index (χ0n) is 17.3. The van der Waals surface area contributed by atoms with Crippen LogP contribution < -0.4 is 0 Å². The van der Waals surface area contributed by atoms with Crippen LogP contribution in [0.25, 0.3) is 10.9 Å². The minimum absolute atomic E-state index is 0.0585. The summed E-state index contributed by atoms with van der Waals surface area (Å²) in [6.45, 7) is 5.01. The normalized spacial score (nSPS) is 14.4. The van der Waals surface area contributed by atoms with Crippen molar-refractivity contribution in [2.45, 2.75) is 44.2 Å². The average molecular weight is 426 g/mol. The molecule has 1 N–H and O–H groups in total. The molecule has 0 spiro atoms. The lowest BCUT2D eigenvalue weighted by Crippen LogP contribution is -2.33. The highest BCUT2D eigenvalue weighted by Gasteiger charge is 2.33. The van der Waals surface area contributed by atoms with Crippen LogP contribution in [-0.4, -0.2) is 47.6 Å². The van der Waals surface area contributed by atoms with E-state index in [9.17, 15) is 13.2 Å². The fourth-order valence-corrected chi connectivity index (χ4v) is 5.33. The molecule has 0 atom stereocenters. The predicted octanol–water partition coefficient (Wildman–Crippen LogP) is 4.00. The van der Waals surface area contributed by atoms with Crippen LogP contribution in [0.1, 0.15) is 42.6 Å². The minimum atomic E-state index is -3.53. The molecule has 3 aromatic rings. The first-order valence-electron chi connectivity index (χ1n) is 10.4. The SMILES string of the molecule is CCN(CC)S(=O)(=O)c1ccc(C(=O)N(Cc2cccc3[nH]ccc23)C2CC2)cc1. The van der Waals surface area contributed by atoms with Crippen molar-refractivity contribution in [3.63, 3.8) is 0 Å². The first kappa shape index (κ1) is 20.6. The second kappa shape index (κ2) is 8.24. The van der Waals surface area contributed by atoms with Crippen molar-refractivity contribution < 1.29 is 13.2 Å². The van der Waals surface area contributed by atoms with E-state index in [1.165, 1.54) is 4.31 Å². The van der Waals surface area contributed by atoms with E-state index in [2.05, 4.69) is 11.1 Å². The van der Waals surface area contributed by atoms with Gasteiger partial charge in [0, 0.05) is 48.3 Å². The summed E-state index contributed by atoms with van der Waals surface area (Å²) < 4.78 is 26.8. The number of H-pyrrole nitrogens is 1. The number of benzene rings is 2. The molecule has 0 aliphatic heterocycles. The van der Waals surface area contributed by atoms with Crippen LogP contribution >= 0.6 is 0 Å². The maximum atomic E-state index is 13.3. The lowest BCUT2D eigenvalue weighted by molar-refractivity contribution is 0.0730. The average Bonchev–Trinajstić information content (AvgIpc) is 3.48. The van der Waals surface area contributed by atoms with Crippen LogP contribution in [0.2, 0.25) is 0 Å². The molecule has 30 heavy (non-hydrogen) atoms. The van der Waals surface area contributed by atoms with Crippen LogP contribution in [0.5, 0.6) is 0 Å². The second-order valence-electron chi connectivity index (χ2n) is 7.63. The van der Waals surface area contributed by atoms with E-state index in [4.69, 9.17) is 0 Å². The molecule has 2 aromatic carbocycles. The monoisotopic (exact) mass is 425 g/mol. The molecule has 1 fully saturated rings. The molecule has 1 aliphatic rings. The smallest absolute Gasteiger partial charge is 0.254 e. The maximum Gasteiger partial charge on any atom is 0.254 e. The summed E-state index contributed by atoms with van der Waals surface area (Å²) in [5.41, 5.74) is 2.68. The van der Waals surface area contributed by atoms with Gasteiger partial charge in [-0.1, -0.05) is 26.0 Å². The maximum absolute atomic E-state index is 13.3. The Kier molecular flexibility index (Phi) is 5.66. The summed E-state index contributed by atoms with van der Waals surface area (Å²) >= 11 is 0. The van der Waals surface area contributed by atoms with Gasteiger partial charge in [-0.05, 0) is 54.8 Å². The lowest BCUT2D eigenvalue weighted by atomic mass is 10.1. The van der Waals surface area contributed by atoms with Crippen molar-refractivity contribution >= 4 is 26.8 Å². The Balaban J connectivity index is 1.58. The molecule has 0 bridgehead atoms. The quantitative estimate of drug-likeness (QED) is 0.593. The first-order valence-corrected chi connectivity index (χ1v) is 11.9. The molecular formula is C23H27N3O3S. The van der Waals surface area contributed by atoms with Crippen LogP contribution in [0.4, 0.5) is 0 Å². The van der Waals surface area contributed by atoms with Gasteiger partial charge in [0.25, 0.3) is 5.91 Å². The largest absolute Gasteiger partial charge is 0.361 e. The number of fused-ring (bicyclic) bond motifs is 1. The highest BCUT2D eigenvalue weighted by molar-refractivity contribution is 7.89. The highest BCUT2D eigenvalue weighted by atomic mass is 32.2. The Hall–Kier alpha value is -2.64. The van der Waals surface area contributed by atoms with Crippen molar-refractivity contribution in [2.24, 2.45) is 0 Å². The van der Waals surface area contributed by atoms with E-state index in [1.54, 1.807) is 24.3 Å². The fourth-order valence-electron chi connectivity index (χ4n) is 3.87. The van der Waals surface area contributed by atoms with E-state index in [0.29, 0.717) is 25.2 Å². The third-order valence-electron chi connectivity index (χ3n) is 5.72. The number of rotatable bonds is 8. The Bertz CT molecular complexity index is 1140. The number of sulfonamides is 1. The van der Waals surface area contributed by atoms with Crippen molar-refractivity contribution in [1.82, 2.24) is 14.2 Å². The van der Waals surface area contributed by atoms with E-state index < -0.39 is 10.0 Å². The molecule has 7 heteroatoms. The third kappa shape index (κ3) is 3.87. The zero-order chi connectivity index (χ0) is 21.3. The van der Waals surface area contributed by atoms with E-state index >= 15 is 0 Å². The number of hydrogen-bond donors (Lipinski definition) is 1. The van der Waals surface area contributed by atoms with Crippen molar-refractivity contribution in [3.8, 4) is 0 Å². The van der Waals surface area contributed by atoms with Gasteiger partial charge in [0.15, 0.2) is 0 Å². The van der Waals surface area contributed by atoms with Crippen LogP contribution in [0.15, 0.2) is 59.6 Å². The number of carbonyl (C=O) groups is 1. The molecule has 1 amide bonds. The Labute approximate surface area is 177 Å². The van der Waals surface area contributed by atoms with Gasteiger partial charge in [0.05, 0.1) is 4.90 Å². The van der Waals surface area contributed by atoms with Gasteiger partial charge in [-0.15, -0.1) is 0 Å². The zero-order valence-corrected chi connectivity index (χ0v) is 18.2. The molecule has 4 rings (SSSR count). The van der Waals surface area contributed by atoms with Crippen LogP contribution in [-0.2, 0) is 16.6 Å². The van der Waals surface area contributed by atoms with Gasteiger partial charge in [0.1, 0.15) is 0 Å². The standard InChI is InChI=1S/C23H27N3O3S/c1-3-25(4-2)30(28,29)20-12-8-17(9-13-20)23(27)26(19-10-11-19)16-18-6-5-7-22-21(18)14-15-24-22/h5-9,12-15,19,24H,3-4,10-11,16H2,1-2H3. The molecule has 6 nitrogen and oxygen atoms in total. The second-order valence-corrected chi connectivity index (χ2v) is 9.57. The molecule has 0 radical (unpaired) electrons. The number of carbonyl (C=O) groups excluding carboxylic acids is 1. The van der Waals surface area contributed by atoms with Gasteiger partial charge < -0.3 is 9.88 Å². The third-order valence-corrected chi connectivity index (χ3v) is 7.78. The molecule has 1 aromatic heterocycles. The van der Waals surface area contributed by atoms with Crippen LogP contribution in [0.3, 0.4) is 0 Å². The van der Waals surface area contributed by atoms with E-state index in [1.807, 2.05) is 43.1 Å². The predicted molar refractivity (Wildman–Crippen MR) is 118 cm³/mol. The van der Waals surface area contributed by atoms with Crippen molar-refractivity contribution in [1.29, 1.82) is 0 Å². The fraction of sp³-hybridized carbons (Fsp3) is 0.348.